The van der Waals surface area contributed by atoms with Crippen LogP contribution in [0.4, 0.5) is 0 Å². The maximum Gasteiger partial charge on any atom is 0.275 e. The highest BCUT2D eigenvalue weighted by Crippen LogP contribution is 2.32. The summed E-state index contributed by atoms with van der Waals surface area (Å²) in [5.41, 5.74) is 1.69. The molecule has 0 saturated heterocycles. The molecular formula is C8H15NO3. The van der Waals surface area contributed by atoms with E-state index in [1.165, 1.54) is 7.11 Å². The number of carbonyl (C=O) groups excluding carboxylic acids is 1. The van der Waals surface area contributed by atoms with Crippen molar-refractivity contribution in [2.75, 3.05) is 14.2 Å². The van der Waals surface area contributed by atoms with Gasteiger partial charge in [-0.15, -0.1) is 0 Å². The van der Waals surface area contributed by atoms with Crippen LogP contribution in [0.25, 0.3) is 0 Å². The van der Waals surface area contributed by atoms with Gasteiger partial charge >= 0.3 is 0 Å². The summed E-state index contributed by atoms with van der Waals surface area (Å²) >= 11 is 0. The molecule has 0 unspecified atom stereocenters. The van der Waals surface area contributed by atoms with Gasteiger partial charge < -0.3 is 4.74 Å². The first-order valence-electron chi connectivity index (χ1n) is 4.14. The molecule has 4 heteroatoms. The number of carbonyl (C=O) groups is 1. The molecule has 0 aromatic heterocycles. The summed E-state index contributed by atoms with van der Waals surface area (Å²) in [4.78, 5) is 16.0. The molecule has 0 radical (unpaired) electrons. The monoisotopic (exact) mass is 173 g/mol. The molecule has 0 heterocycles. The van der Waals surface area contributed by atoms with E-state index in [1.807, 2.05) is 0 Å². The predicted molar refractivity (Wildman–Crippen MR) is 43.4 cm³/mol. The fraction of sp³-hybridized carbons (Fsp3) is 0.875. The van der Waals surface area contributed by atoms with Crippen molar-refractivity contribution in [1.29, 1.82) is 0 Å². The lowest BCUT2D eigenvalue weighted by Gasteiger charge is -2.24. The number of amides is 1. The van der Waals surface area contributed by atoms with Crippen molar-refractivity contribution in [3.05, 3.63) is 0 Å². The number of hydrogen-bond acceptors (Lipinski definition) is 3. The first kappa shape index (κ1) is 9.48. The van der Waals surface area contributed by atoms with Crippen LogP contribution in [0.3, 0.4) is 0 Å². The van der Waals surface area contributed by atoms with E-state index < -0.39 is 5.60 Å². The zero-order valence-corrected chi connectivity index (χ0v) is 7.55. The van der Waals surface area contributed by atoms with Gasteiger partial charge in [-0.25, -0.2) is 5.48 Å². The number of hydroxylamine groups is 1. The summed E-state index contributed by atoms with van der Waals surface area (Å²) in [6.07, 6.45) is 3.67. The highest BCUT2D eigenvalue weighted by atomic mass is 16.6. The molecule has 1 aliphatic carbocycles. The van der Waals surface area contributed by atoms with Crippen LogP contribution in [-0.4, -0.2) is 25.7 Å². The zero-order chi connectivity index (χ0) is 9.03. The average molecular weight is 173 g/mol. The van der Waals surface area contributed by atoms with Gasteiger partial charge in [0.25, 0.3) is 5.91 Å². The highest BCUT2D eigenvalue weighted by Gasteiger charge is 2.41. The summed E-state index contributed by atoms with van der Waals surface area (Å²) in [6.45, 7) is 0. The van der Waals surface area contributed by atoms with Gasteiger partial charge in [-0.05, 0) is 25.7 Å². The molecule has 1 rings (SSSR count). The third-order valence-corrected chi connectivity index (χ3v) is 2.41. The largest absolute Gasteiger partial charge is 0.368 e. The third kappa shape index (κ3) is 1.59. The smallest absolute Gasteiger partial charge is 0.275 e. The zero-order valence-electron chi connectivity index (χ0n) is 7.55. The second-order valence-electron chi connectivity index (χ2n) is 3.04. The number of methoxy groups -OCH3 is 1. The standard InChI is InChI=1S/C8H15NO3/c1-11-8(5-3-4-6-8)7(10)9-12-2/h3-6H2,1-2H3,(H,9,10). The van der Waals surface area contributed by atoms with Crippen molar-refractivity contribution >= 4 is 5.91 Å². The van der Waals surface area contributed by atoms with Gasteiger partial charge in [-0.1, -0.05) is 0 Å². The van der Waals surface area contributed by atoms with E-state index in [-0.39, 0.29) is 5.91 Å². The van der Waals surface area contributed by atoms with E-state index in [9.17, 15) is 4.79 Å². The van der Waals surface area contributed by atoms with Crippen molar-refractivity contribution < 1.29 is 14.4 Å². The van der Waals surface area contributed by atoms with Crippen LogP contribution < -0.4 is 5.48 Å². The molecule has 0 aromatic rings. The van der Waals surface area contributed by atoms with Gasteiger partial charge in [-0.3, -0.25) is 9.63 Å². The quantitative estimate of drug-likeness (QED) is 0.636. The Kier molecular flexibility index (Phi) is 3.05. The Bertz CT molecular complexity index is 164. The second-order valence-corrected chi connectivity index (χ2v) is 3.04. The minimum absolute atomic E-state index is 0.162. The molecule has 1 saturated carbocycles. The van der Waals surface area contributed by atoms with Crippen LogP contribution in [0.5, 0.6) is 0 Å². The SMILES string of the molecule is CONC(=O)C1(OC)CCCC1. The Morgan fingerprint density at radius 2 is 1.92 bits per heavy atom. The van der Waals surface area contributed by atoms with Gasteiger partial charge in [0, 0.05) is 7.11 Å². The normalized spacial score (nSPS) is 20.8. The molecule has 1 N–H and O–H groups in total. The van der Waals surface area contributed by atoms with E-state index in [4.69, 9.17) is 4.74 Å². The summed E-state index contributed by atoms with van der Waals surface area (Å²) in [5, 5.41) is 0. The van der Waals surface area contributed by atoms with Crippen LogP contribution in [-0.2, 0) is 14.4 Å². The van der Waals surface area contributed by atoms with Crippen LogP contribution in [0.2, 0.25) is 0 Å². The molecule has 1 aliphatic rings. The molecule has 12 heavy (non-hydrogen) atoms. The molecule has 0 spiro atoms. The highest BCUT2D eigenvalue weighted by molar-refractivity contribution is 5.84. The van der Waals surface area contributed by atoms with Crippen molar-refractivity contribution in [3.8, 4) is 0 Å². The van der Waals surface area contributed by atoms with Crippen molar-refractivity contribution in [1.82, 2.24) is 5.48 Å². The molecular weight excluding hydrogens is 158 g/mol. The van der Waals surface area contributed by atoms with Crippen LogP contribution in [0.1, 0.15) is 25.7 Å². The molecule has 4 nitrogen and oxygen atoms in total. The lowest BCUT2D eigenvalue weighted by Crippen LogP contribution is -2.45. The van der Waals surface area contributed by atoms with Gasteiger partial charge in [0.15, 0.2) is 0 Å². The van der Waals surface area contributed by atoms with E-state index in [2.05, 4.69) is 10.3 Å². The molecule has 1 amide bonds. The van der Waals surface area contributed by atoms with Crippen molar-refractivity contribution in [3.63, 3.8) is 0 Å². The summed E-state index contributed by atoms with van der Waals surface area (Å²) in [7, 11) is 3.00. The van der Waals surface area contributed by atoms with E-state index >= 15 is 0 Å². The van der Waals surface area contributed by atoms with E-state index in [1.54, 1.807) is 7.11 Å². The Hall–Kier alpha value is -0.610. The Labute approximate surface area is 72.2 Å². The molecule has 0 aromatic carbocycles. The number of rotatable bonds is 3. The number of nitrogens with one attached hydrogen (secondary N) is 1. The molecule has 1 fully saturated rings. The third-order valence-electron chi connectivity index (χ3n) is 2.41. The van der Waals surface area contributed by atoms with Gasteiger partial charge in [0.1, 0.15) is 5.60 Å². The lowest BCUT2D eigenvalue weighted by atomic mass is 10.0. The lowest BCUT2D eigenvalue weighted by molar-refractivity contribution is -0.153. The number of ether oxygens (including phenoxy) is 1. The second kappa shape index (κ2) is 3.87. The van der Waals surface area contributed by atoms with E-state index in [0.29, 0.717) is 0 Å². The van der Waals surface area contributed by atoms with Gasteiger partial charge in [-0.2, -0.15) is 0 Å². The maximum absolute atomic E-state index is 11.4. The molecule has 0 bridgehead atoms. The van der Waals surface area contributed by atoms with Crippen molar-refractivity contribution in [2.24, 2.45) is 0 Å². The number of hydrogen-bond donors (Lipinski definition) is 1. The first-order chi connectivity index (χ1) is 5.75. The molecule has 0 aliphatic heterocycles. The van der Waals surface area contributed by atoms with Crippen molar-refractivity contribution in [2.45, 2.75) is 31.3 Å². The molecule has 0 atom stereocenters. The van der Waals surface area contributed by atoms with Crippen LogP contribution in [0, 0.1) is 0 Å². The predicted octanol–water partition coefficient (Wildman–Crippen LogP) is 0.623. The fourth-order valence-electron chi connectivity index (χ4n) is 1.66. The first-order valence-corrected chi connectivity index (χ1v) is 4.14. The average Bonchev–Trinajstić information content (AvgIpc) is 2.54. The Morgan fingerprint density at radius 3 is 2.33 bits per heavy atom. The minimum Gasteiger partial charge on any atom is -0.368 e. The molecule has 70 valence electrons. The Morgan fingerprint density at radius 1 is 1.33 bits per heavy atom. The van der Waals surface area contributed by atoms with Crippen LogP contribution in [0.15, 0.2) is 0 Å². The minimum atomic E-state index is -0.629. The Balaban J connectivity index is 2.59. The maximum atomic E-state index is 11.4. The van der Waals surface area contributed by atoms with E-state index in [0.717, 1.165) is 25.7 Å². The van der Waals surface area contributed by atoms with Gasteiger partial charge in [0.05, 0.1) is 7.11 Å². The van der Waals surface area contributed by atoms with Crippen LogP contribution >= 0.6 is 0 Å². The summed E-state index contributed by atoms with van der Waals surface area (Å²) < 4.78 is 5.22. The fourth-order valence-corrected chi connectivity index (χ4v) is 1.66. The topological polar surface area (TPSA) is 47.6 Å². The summed E-state index contributed by atoms with van der Waals surface area (Å²) in [5.74, 6) is -0.162. The van der Waals surface area contributed by atoms with Gasteiger partial charge in [0.2, 0.25) is 0 Å². The summed E-state index contributed by atoms with van der Waals surface area (Å²) in [6, 6.07) is 0.